The Labute approximate surface area is 142 Å². The van der Waals surface area contributed by atoms with Crippen LogP contribution in [0.25, 0.3) is 6.08 Å². The van der Waals surface area contributed by atoms with Crippen LogP contribution >= 0.6 is 0 Å². The molecule has 124 valence electrons. The highest BCUT2D eigenvalue weighted by Gasteiger charge is 2.20. The number of carbonyl (C=O) groups excluding carboxylic acids is 1. The molecule has 1 unspecified atom stereocenters. The van der Waals surface area contributed by atoms with E-state index >= 15 is 0 Å². The molecule has 1 aromatic carbocycles. The fourth-order valence-electron chi connectivity index (χ4n) is 2.14. The SMILES string of the molecule is CN(C)c1ccc(/C=C(\C#N)C(=O)OCC[N+]2(C)C=CN=C2)cc1. The second-order valence-corrected chi connectivity index (χ2v) is 5.92. The molecule has 0 bridgehead atoms. The summed E-state index contributed by atoms with van der Waals surface area (Å²) in [6.45, 7) is 0.784. The molecule has 0 fully saturated rings. The number of aliphatic imine (C=N–C) groups is 1. The van der Waals surface area contributed by atoms with E-state index in [0.29, 0.717) is 11.0 Å². The number of nitriles is 1. The highest BCUT2D eigenvalue weighted by Crippen LogP contribution is 2.15. The Morgan fingerprint density at radius 2 is 2.08 bits per heavy atom. The highest BCUT2D eigenvalue weighted by atomic mass is 16.5. The van der Waals surface area contributed by atoms with Crippen molar-refractivity contribution in [2.75, 3.05) is 39.2 Å². The smallest absolute Gasteiger partial charge is 0.349 e. The Morgan fingerprint density at radius 3 is 2.62 bits per heavy atom. The van der Waals surface area contributed by atoms with Crippen molar-refractivity contribution in [2.45, 2.75) is 0 Å². The van der Waals surface area contributed by atoms with E-state index in [1.165, 1.54) is 6.08 Å². The number of hydrogen-bond donors (Lipinski definition) is 0. The zero-order valence-corrected chi connectivity index (χ0v) is 14.1. The van der Waals surface area contributed by atoms with E-state index in [9.17, 15) is 10.1 Å². The van der Waals surface area contributed by atoms with E-state index in [0.717, 1.165) is 11.3 Å². The number of carbonyl (C=O) groups is 1. The lowest BCUT2D eigenvalue weighted by atomic mass is 10.1. The van der Waals surface area contributed by atoms with Crippen LogP contribution in [0.3, 0.4) is 0 Å². The quantitative estimate of drug-likeness (QED) is 0.348. The molecule has 1 aromatic rings. The van der Waals surface area contributed by atoms with Gasteiger partial charge in [-0.2, -0.15) is 5.26 Å². The van der Waals surface area contributed by atoms with E-state index < -0.39 is 5.97 Å². The molecule has 0 aromatic heterocycles. The maximum atomic E-state index is 12.1. The van der Waals surface area contributed by atoms with Gasteiger partial charge in [-0.15, -0.1) is 0 Å². The van der Waals surface area contributed by atoms with E-state index in [1.807, 2.05) is 62.6 Å². The molecular formula is C18H21N4O2+. The highest BCUT2D eigenvalue weighted by molar-refractivity contribution is 5.97. The van der Waals surface area contributed by atoms with Gasteiger partial charge < -0.3 is 9.64 Å². The van der Waals surface area contributed by atoms with Gasteiger partial charge in [0.05, 0.1) is 13.2 Å². The molecule has 2 rings (SSSR count). The maximum Gasteiger partial charge on any atom is 0.349 e. The summed E-state index contributed by atoms with van der Waals surface area (Å²) in [5.41, 5.74) is 1.81. The molecule has 6 nitrogen and oxygen atoms in total. The molecule has 0 saturated carbocycles. The Morgan fingerprint density at radius 1 is 1.38 bits per heavy atom. The van der Waals surface area contributed by atoms with Gasteiger partial charge in [-0.1, -0.05) is 12.1 Å². The van der Waals surface area contributed by atoms with E-state index in [4.69, 9.17) is 4.74 Å². The largest absolute Gasteiger partial charge is 0.456 e. The minimum atomic E-state index is -0.610. The molecule has 0 amide bonds. The van der Waals surface area contributed by atoms with Crippen LogP contribution < -0.4 is 4.90 Å². The van der Waals surface area contributed by atoms with Crippen molar-refractivity contribution in [3.63, 3.8) is 0 Å². The van der Waals surface area contributed by atoms with Crippen molar-refractivity contribution in [3.8, 4) is 6.07 Å². The summed E-state index contributed by atoms with van der Waals surface area (Å²) < 4.78 is 5.68. The van der Waals surface area contributed by atoms with E-state index in [2.05, 4.69) is 4.99 Å². The lowest BCUT2D eigenvalue weighted by molar-refractivity contribution is -0.756. The summed E-state index contributed by atoms with van der Waals surface area (Å²) in [4.78, 5) is 18.1. The fourth-order valence-corrected chi connectivity index (χ4v) is 2.14. The fraction of sp³-hybridized carbons (Fsp3) is 0.278. The molecule has 1 aliphatic heterocycles. The van der Waals surface area contributed by atoms with Crippen LogP contribution in [0.2, 0.25) is 0 Å². The molecular weight excluding hydrogens is 304 g/mol. The molecule has 0 spiro atoms. The maximum absolute atomic E-state index is 12.1. The van der Waals surface area contributed by atoms with Crippen molar-refractivity contribution in [1.82, 2.24) is 0 Å². The Balaban J connectivity index is 1.96. The summed E-state index contributed by atoms with van der Waals surface area (Å²) in [6.07, 6.45) is 6.91. The monoisotopic (exact) mass is 325 g/mol. The van der Waals surface area contributed by atoms with Crippen LogP contribution in [0.15, 0.2) is 47.2 Å². The zero-order valence-electron chi connectivity index (χ0n) is 14.1. The number of quaternary nitrogens is 1. The number of rotatable bonds is 6. The third-order valence-electron chi connectivity index (χ3n) is 3.69. The molecule has 1 atom stereocenters. The number of hydrogen-bond acceptors (Lipinski definition) is 5. The number of nitrogens with zero attached hydrogens (tertiary/aromatic N) is 4. The van der Waals surface area contributed by atoms with Crippen LogP contribution in [0, 0.1) is 11.3 Å². The lowest BCUT2D eigenvalue weighted by Crippen LogP contribution is -2.38. The normalized spacial score (nSPS) is 19.2. The number of anilines is 1. The molecule has 0 saturated heterocycles. The van der Waals surface area contributed by atoms with Crippen molar-refractivity contribution in [2.24, 2.45) is 4.99 Å². The molecule has 6 heteroatoms. The third kappa shape index (κ3) is 4.54. The van der Waals surface area contributed by atoms with Crippen molar-refractivity contribution >= 4 is 24.1 Å². The van der Waals surface area contributed by atoms with E-state index in [1.54, 1.807) is 12.5 Å². The Bertz CT molecular complexity index is 712. The van der Waals surface area contributed by atoms with Gasteiger partial charge in [-0.05, 0) is 23.8 Å². The van der Waals surface area contributed by atoms with Gasteiger partial charge in [-0.3, -0.25) is 4.48 Å². The average Bonchev–Trinajstić information content (AvgIpc) is 2.99. The van der Waals surface area contributed by atoms with Crippen LogP contribution in [0.5, 0.6) is 0 Å². The molecule has 0 N–H and O–H groups in total. The standard InChI is InChI=1S/C18H21N4O2/c1-21(2)17-6-4-15(5-7-17)12-16(13-19)18(23)24-11-10-22(3)9-8-20-14-22/h4-9,12,14H,10-11H2,1-3H3/q+1/b16-12+. The summed E-state index contributed by atoms with van der Waals surface area (Å²) in [7, 11) is 5.85. The zero-order chi connectivity index (χ0) is 17.6. The van der Waals surface area contributed by atoms with Gasteiger partial charge in [-0.25, -0.2) is 9.79 Å². The lowest BCUT2D eigenvalue weighted by Gasteiger charge is -2.20. The van der Waals surface area contributed by atoms with Crippen LogP contribution in [-0.2, 0) is 9.53 Å². The van der Waals surface area contributed by atoms with Crippen molar-refractivity contribution in [1.29, 1.82) is 5.26 Å². The molecule has 1 aliphatic rings. The van der Waals surface area contributed by atoms with Crippen LogP contribution in [0.1, 0.15) is 5.56 Å². The first-order valence-corrected chi connectivity index (χ1v) is 7.57. The molecule has 0 aliphatic carbocycles. The van der Waals surface area contributed by atoms with Crippen LogP contribution in [-0.4, -0.2) is 51.1 Å². The van der Waals surface area contributed by atoms with Crippen molar-refractivity contribution < 1.29 is 14.0 Å². The molecule has 0 radical (unpaired) electrons. The number of benzene rings is 1. The first-order valence-electron chi connectivity index (χ1n) is 7.57. The third-order valence-corrected chi connectivity index (χ3v) is 3.69. The first-order chi connectivity index (χ1) is 11.4. The number of esters is 1. The van der Waals surface area contributed by atoms with Gasteiger partial charge in [0.2, 0.25) is 0 Å². The van der Waals surface area contributed by atoms with Crippen LogP contribution in [0.4, 0.5) is 5.69 Å². The second-order valence-electron chi connectivity index (χ2n) is 5.92. The Hall–Kier alpha value is -2.91. The number of likely N-dealkylation sites (N-methyl/N-ethyl adjacent to an activating group) is 1. The minimum Gasteiger partial charge on any atom is -0.456 e. The van der Waals surface area contributed by atoms with Gasteiger partial charge in [0.1, 0.15) is 31.0 Å². The second kappa shape index (κ2) is 7.57. The predicted molar refractivity (Wildman–Crippen MR) is 94.0 cm³/mol. The van der Waals surface area contributed by atoms with E-state index in [-0.39, 0.29) is 12.2 Å². The minimum absolute atomic E-state index is 0.0131. The summed E-state index contributed by atoms with van der Waals surface area (Å²) in [5, 5.41) is 9.20. The molecule has 1 heterocycles. The summed E-state index contributed by atoms with van der Waals surface area (Å²) in [6, 6.07) is 9.48. The number of ether oxygens (including phenoxy) is 1. The topological polar surface area (TPSA) is 65.7 Å². The Kier molecular flexibility index (Phi) is 5.51. The van der Waals surface area contributed by atoms with Crippen molar-refractivity contribution in [3.05, 3.63) is 47.8 Å². The summed E-state index contributed by atoms with van der Waals surface area (Å²) >= 11 is 0. The van der Waals surface area contributed by atoms with Gasteiger partial charge in [0, 0.05) is 19.8 Å². The molecule has 24 heavy (non-hydrogen) atoms. The predicted octanol–water partition coefficient (Wildman–Crippen LogP) is 2.16. The average molecular weight is 325 g/mol. The van der Waals surface area contributed by atoms with Gasteiger partial charge in [0.15, 0.2) is 6.34 Å². The van der Waals surface area contributed by atoms with Gasteiger partial charge in [0.25, 0.3) is 0 Å². The van der Waals surface area contributed by atoms with Gasteiger partial charge >= 0.3 is 5.97 Å². The summed E-state index contributed by atoms with van der Waals surface area (Å²) in [5.74, 6) is -0.610. The first kappa shape index (κ1) is 17.4.